The lowest BCUT2D eigenvalue weighted by atomic mass is 9.85. The van der Waals surface area contributed by atoms with Gasteiger partial charge in [0.2, 0.25) is 0 Å². The van der Waals surface area contributed by atoms with E-state index in [0.717, 1.165) is 39.7 Å². The van der Waals surface area contributed by atoms with E-state index in [-0.39, 0.29) is 5.91 Å². The number of hydrogen-bond acceptors (Lipinski definition) is 4. The maximum absolute atomic E-state index is 12.7. The van der Waals surface area contributed by atoms with Gasteiger partial charge in [0.15, 0.2) is 0 Å². The number of anilines is 1. The van der Waals surface area contributed by atoms with Crippen molar-refractivity contribution in [3.8, 4) is 0 Å². The maximum atomic E-state index is 12.7. The molecule has 2 N–H and O–H groups in total. The Labute approximate surface area is 157 Å². The SMILES string of the molecule is Cc1nc(CC(C)C)sc1C(=O)Nc1ccc2nc(C3CCC3)[nH]c2c1. The van der Waals surface area contributed by atoms with Crippen LogP contribution in [0.5, 0.6) is 0 Å². The summed E-state index contributed by atoms with van der Waals surface area (Å²) in [7, 11) is 0. The molecule has 26 heavy (non-hydrogen) atoms. The topological polar surface area (TPSA) is 70.7 Å². The molecule has 2 aromatic heterocycles. The van der Waals surface area contributed by atoms with Crippen LogP contribution in [0.1, 0.15) is 65.2 Å². The first-order valence-electron chi connectivity index (χ1n) is 9.27. The van der Waals surface area contributed by atoms with E-state index in [9.17, 15) is 4.79 Å². The monoisotopic (exact) mass is 368 g/mol. The number of amides is 1. The minimum atomic E-state index is -0.0897. The molecule has 6 heteroatoms. The fourth-order valence-electron chi connectivity index (χ4n) is 3.27. The number of carbonyl (C=O) groups excluding carboxylic acids is 1. The van der Waals surface area contributed by atoms with E-state index in [1.165, 1.54) is 30.6 Å². The first-order chi connectivity index (χ1) is 12.5. The van der Waals surface area contributed by atoms with Crippen molar-refractivity contribution in [2.24, 2.45) is 5.92 Å². The smallest absolute Gasteiger partial charge is 0.267 e. The minimum absolute atomic E-state index is 0.0897. The first kappa shape index (κ1) is 17.2. The summed E-state index contributed by atoms with van der Waals surface area (Å²) in [5.41, 5.74) is 3.52. The van der Waals surface area contributed by atoms with Crippen LogP contribution in [0.2, 0.25) is 0 Å². The van der Waals surface area contributed by atoms with Gasteiger partial charge in [-0.15, -0.1) is 11.3 Å². The van der Waals surface area contributed by atoms with Crippen molar-refractivity contribution >= 4 is 34.0 Å². The van der Waals surface area contributed by atoms with E-state index in [1.54, 1.807) is 0 Å². The number of aryl methyl sites for hydroxylation is 1. The van der Waals surface area contributed by atoms with Crippen molar-refractivity contribution in [3.05, 3.63) is 39.6 Å². The zero-order valence-electron chi connectivity index (χ0n) is 15.4. The Balaban J connectivity index is 1.52. The van der Waals surface area contributed by atoms with Crippen LogP contribution < -0.4 is 5.32 Å². The number of rotatable bonds is 5. The van der Waals surface area contributed by atoms with E-state index < -0.39 is 0 Å². The van der Waals surface area contributed by atoms with Gasteiger partial charge >= 0.3 is 0 Å². The number of hydrogen-bond donors (Lipinski definition) is 2. The Morgan fingerprint density at radius 1 is 1.35 bits per heavy atom. The summed E-state index contributed by atoms with van der Waals surface area (Å²) in [6.07, 6.45) is 4.62. The van der Waals surface area contributed by atoms with Gasteiger partial charge in [-0.1, -0.05) is 20.3 Å². The summed E-state index contributed by atoms with van der Waals surface area (Å²) in [5, 5.41) is 4.03. The number of benzene rings is 1. The fourth-order valence-corrected chi connectivity index (χ4v) is 4.44. The molecule has 0 bridgehead atoms. The first-order valence-corrected chi connectivity index (χ1v) is 10.1. The molecule has 0 spiro atoms. The summed E-state index contributed by atoms with van der Waals surface area (Å²) in [6, 6.07) is 5.85. The second kappa shape index (κ2) is 6.83. The predicted octanol–water partition coefficient (Wildman–Crippen LogP) is 5.05. The standard InChI is InChI=1S/C20H24N4OS/c1-11(2)9-17-21-12(3)18(26-17)20(25)22-14-7-8-15-16(10-14)24-19(23-15)13-5-4-6-13/h7-8,10-11,13H,4-6,9H2,1-3H3,(H,22,25)(H,23,24). The molecule has 4 rings (SSSR count). The van der Waals surface area contributed by atoms with E-state index in [4.69, 9.17) is 0 Å². The van der Waals surface area contributed by atoms with E-state index in [1.807, 2.05) is 25.1 Å². The molecule has 1 saturated carbocycles. The molecule has 0 unspecified atom stereocenters. The normalized spacial score (nSPS) is 14.8. The van der Waals surface area contributed by atoms with Crippen molar-refractivity contribution in [3.63, 3.8) is 0 Å². The van der Waals surface area contributed by atoms with Crippen LogP contribution in [0.15, 0.2) is 18.2 Å². The number of thiazole rings is 1. The highest BCUT2D eigenvalue weighted by Crippen LogP contribution is 2.35. The number of aromatic nitrogens is 3. The van der Waals surface area contributed by atoms with Gasteiger partial charge in [0.25, 0.3) is 5.91 Å². The van der Waals surface area contributed by atoms with Crippen molar-refractivity contribution in [1.29, 1.82) is 0 Å². The molecule has 1 fully saturated rings. The highest BCUT2D eigenvalue weighted by Gasteiger charge is 2.23. The maximum Gasteiger partial charge on any atom is 0.267 e. The molecule has 1 amide bonds. The van der Waals surface area contributed by atoms with Gasteiger partial charge in [-0.25, -0.2) is 9.97 Å². The van der Waals surface area contributed by atoms with Crippen molar-refractivity contribution in [1.82, 2.24) is 15.0 Å². The number of carbonyl (C=O) groups is 1. The van der Waals surface area contributed by atoms with E-state index in [2.05, 4.69) is 34.1 Å². The summed E-state index contributed by atoms with van der Waals surface area (Å²) < 4.78 is 0. The predicted molar refractivity (Wildman–Crippen MR) is 106 cm³/mol. The van der Waals surface area contributed by atoms with Gasteiger partial charge in [-0.05, 0) is 43.9 Å². The van der Waals surface area contributed by atoms with Gasteiger partial charge in [-0.2, -0.15) is 0 Å². The summed E-state index contributed by atoms with van der Waals surface area (Å²) >= 11 is 1.49. The van der Waals surface area contributed by atoms with Crippen LogP contribution in [0.25, 0.3) is 11.0 Å². The average molecular weight is 369 g/mol. The lowest BCUT2D eigenvalue weighted by Gasteiger charge is -2.22. The third kappa shape index (κ3) is 3.38. The van der Waals surface area contributed by atoms with Gasteiger partial charge in [0.1, 0.15) is 10.7 Å². The van der Waals surface area contributed by atoms with Crippen LogP contribution in [-0.2, 0) is 6.42 Å². The zero-order chi connectivity index (χ0) is 18.3. The second-order valence-corrected chi connectivity index (χ2v) is 8.64. The molecule has 3 aromatic rings. The molecule has 0 radical (unpaired) electrons. The Hall–Kier alpha value is -2.21. The lowest BCUT2D eigenvalue weighted by Crippen LogP contribution is -2.11. The number of fused-ring (bicyclic) bond motifs is 1. The van der Waals surface area contributed by atoms with Gasteiger partial charge in [-0.3, -0.25) is 4.79 Å². The summed E-state index contributed by atoms with van der Waals surface area (Å²) in [4.78, 5) is 26.0. The van der Waals surface area contributed by atoms with E-state index in [0.29, 0.717) is 16.7 Å². The Morgan fingerprint density at radius 2 is 2.15 bits per heavy atom. The molecule has 0 atom stereocenters. The quantitative estimate of drug-likeness (QED) is 0.662. The number of aromatic amines is 1. The average Bonchev–Trinajstić information content (AvgIpc) is 3.07. The zero-order valence-corrected chi connectivity index (χ0v) is 16.2. The molecule has 5 nitrogen and oxygen atoms in total. The molecular formula is C20H24N4OS. The Bertz CT molecular complexity index is 952. The van der Waals surface area contributed by atoms with Crippen molar-refractivity contribution < 1.29 is 4.79 Å². The molecule has 1 aliphatic carbocycles. The molecule has 136 valence electrons. The molecule has 1 aromatic carbocycles. The van der Waals surface area contributed by atoms with Gasteiger partial charge in [0, 0.05) is 18.0 Å². The molecular weight excluding hydrogens is 344 g/mol. The molecule has 0 saturated heterocycles. The van der Waals surface area contributed by atoms with Crippen LogP contribution in [0.3, 0.4) is 0 Å². The molecule has 1 aliphatic rings. The number of nitrogens with zero attached hydrogens (tertiary/aromatic N) is 2. The third-order valence-corrected chi connectivity index (χ3v) is 6.06. The number of nitrogens with one attached hydrogen (secondary N) is 2. The summed E-state index contributed by atoms with van der Waals surface area (Å²) in [5.74, 6) is 2.09. The Kier molecular flexibility index (Phi) is 4.53. The second-order valence-electron chi connectivity index (χ2n) is 7.56. The highest BCUT2D eigenvalue weighted by atomic mass is 32.1. The van der Waals surface area contributed by atoms with Crippen molar-refractivity contribution in [2.45, 2.75) is 52.4 Å². The van der Waals surface area contributed by atoms with Crippen LogP contribution in [0.4, 0.5) is 5.69 Å². The van der Waals surface area contributed by atoms with Gasteiger partial charge < -0.3 is 10.3 Å². The van der Waals surface area contributed by atoms with Gasteiger partial charge in [0.05, 0.1) is 21.7 Å². The van der Waals surface area contributed by atoms with Crippen LogP contribution >= 0.6 is 11.3 Å². The van der Waals surface area contributed by atoms with Crippen molar-refractivity contribution in [2.75, 3.05) is 5.32 Å². The fraction of sp³-hybridized carbons (Fsp3) is 0.450. The Morgan fingerprint density at radius 3 is 2.85 bits per heavy atom. The van der Waals surface area contributed by atoms with E-state index >= 15 is 0 Å². The van der Waals surface area contributed by atoms with Crippen LogP contribution in [0, 0.1) is 12.8 Å². The number of imidazole rings is 1. The lowest BCUT2D eigenvalue weighted by molar-refractivity contribution is 0.103. The van der Waals surface area contributed by atoms with Crippen LogP contribution in [-0.4, -0.2) is 20.9 Å². The minimum Gasteiger partial charge on any atom is -0.342 e. The molecule has 2 heterocycles. The highest BCUT2D eigenvalue weighted by molar-refractivity contribution is 7.13. The third-order valence-electron chi connectivity index (χ3n) is 4.88. The summed E-state index contributed by atoms with van der Waals surface area (Å²) in [6.45, 7) is 6.22. The molecule has 0 aliphatic heterocycles. The largest absolute Gasteiger partial charge is 0.342 e. The number of H-pyrrole nitrogens is 1.